The van der Waals surface area contributed by atoms with E-state index in [0.717, 1.165) is 24.5 Å². The van der Waals surface area contributed by atoms with Crippen LogP contribution in [0.3, 0.4) is 0 Å². The predicted octanol–water partition coefficient (Wildman–Crippen LogP) is 1.02. The third kappa shape index (κ3) is 4.03. The van der Waals surface area contributed by atoms with Crippen LogP contribution >= 0.6 is 12.4 Å². The van der Waals surface area contributed by atoms with Gasteiger partial charge in [-0.3, -0.25) is 0 Å². The summed E-state index contributed by atoms with van der Waals surface area (Å²) in [6, 6.07) is 2.59. The van der Waals surface area contributed by atoms with E-state index in [1.54, 1.807) is 6.92 Å². The normalized spacial score (nSPS) is 23.3. The summed E-state index contributed by atoms with van der Waals surface area (Å²) >= 11 is 0. The zero-order valence-corrected chi connectivity index (χ0v) is 15.4. The topological polar surface area (TPSA) is 83.6 Å². The molecule has 10 heteroatoms. The van der Waals surface area contributed by atoms with Crippen LogP contribution in [-0.2, 0) is 19.9 Å². The van der Waals surface area contributed by atoms with Crippen molar-refractivity contribution in [3.63, 3.8) is 0 Å². The van der Waals surface area contributed by atoms with Gasteiger partial charge < -0.3 is 5.32 Å². The Balaban J connectivity index is 0.00000264. The number of sulfonamides is 1. The van der Waals surface area contributed by atoms with Crippen LogP contribution in [0.1, 0.15) is 13.8 Å². The van der Waals surface area contributed by atoms with Crippen LogP contribution in [0.2, 0.25) is 0 Å². The smallest absolute Gasteiger partial charge is 0.243 e. The van der Waals surface area contributed by atoms with E-state index in [2.05, 4.69) is 5.32 Å². The second kappa shape index (κ2) is 7.02. The molecular weight excluding hydrogens is 367 g/mol. The molecule has 23 heavy (non-hydrogen) atoms. The highest BCUT2D eigenvalue weighted by Crippen LogP contribution is 2.24. The molecule has 1 heterocycles. The van der Waals surface area contributed by atoms with Crippen LogP contribution in [0, 0.1) is 5.82 Å². The number of rotatable bonds is 3. The lowest BCUT2D eigenvalue weighted by Crippen LogP contribution is -2.57. The first-order chi connectivity index (χ1) is 10.0. The van der Waals surface area contributed by atoms with E-state index in [1.165, 1.54) is 4.31 Å². The molecule has 0 aliphatic carbocycles. The minimum absolute atomic E-state index is 0. The maximum absolute atomic E-state index is 13.9. The van der Waals surface area contributed by atoms with E-state index in [4.69, 9.17) is 0 Å². The first-order valence-corrected chi connectivity index (χ1v) is 10.1. The lowest BCUT2D eigenvalue weighted by atomic mass is 10.1. The number of piperazine rings is 1. The van der Waals surface area contributed by atoms with Crippen LogP contribution in [0.15, 0.2) is 28.0 Å². The fraction of sp³-hybridized carbons (Fsp3) is 0.538. The van der Waals surface area contributed by atoms with Crippen LogP contribution in [0.5, 0.6) is 0 Å². The summed E-state index contributed by atoms with van der Waals surface area (Å²) in [5.74, 6) is -1.06. The SMILES string of the molecule is CC1NCCN(S(=O)(=O)c2ccc(S(C)(=O)=O)c(F)c2)C1C.Cl. The molecule has 6 nitrogen and oxygen atoms in total. The highest BCUT2D eigenvalue weighted by Gasteiger charge is 2.35. The van der Waals surface area contributed by atoms with E-state index >= 15 is 0 Å². The minimum atomic E-state index is -3.87. The molecule has 1 aromatic carbocycles. The summed E-state index contributed by atoms with van der Waals surface area (Å²) in [5, 5.41) is 3.17. The van der Waals surface area contributed by atoms with Crippen LogP contribution < -0.4 is 5.32 Å². The largest absolute Gasteiger partial charge is 0.311 e. The van der Waals surface area contributed by atoms with Gasteiger partial charge in [-0.15, -0.1) is 12.4 Å². The minimum Gasteiger partial charge on any atom is -0.311 e. The molecule has 1 N–H and O–H groups in total. The predicted molar refractivity (Wildman–Crippen MR) is 87.6 cm³/mol. The molecule has 2 unspecified atom stereocenters. The highest BCUT2D eigenvalue weighted by atomic mass is 35.5. The van der Waals surface area contributed by atoms with Gasteiger partial charge in [0.25, 0.3) is 0 Å². The van der Waals surface area contributed by atoms with E-state index in [-0.39, 0.29) is 35.9 Å². The summed E-state index contributed by atoms with van der Waals surface area (Å²) in [7, 11) is -7.60. The Morgan fingerprint density at radius 1 is 1.22 bits per heavy atom. The number of hydrogen-bond acceptors (Lipinski definition) is 5. The van der Waals surface area contributed by atoms with Gasteiger partial charge in [0.2, 0.25) is 10.0 Å². The molecule has 132 valence electrons. The van der Waals surface area contributed by atoms with Crippen molar-refractivity contribution in [2.45, 2.75) is 35.7 Å². The molecule has 2 rings (SSSR count). The zero-order chi connectivity index (χ0) is 16.7. The first kappa shape index (κ1) is 20.3. The lowest BCUT2D eigenvalue weighted by Gasteiger charge is -2.37. The van der Waals surface area contributed by atoms with Crippen molar-refractivity contribution in [3.8, 4) is 0 Å². The van der Waals surface area contributed by atoms with Gasteiger partial charge in [-0.25, -0.2) is 21.2 Å². The van der Waals surface area contributed by atoms with Crippen molar-refractivity contribution in [3.05, 3.63) is 24.0 Å². The summed E-state index contributed by atoms with van der Waals surface area (Å²) in [6.07, 6.45) is 0.875. The van der Waals surface area contributed by atoms with E-state index in [0.29, 0.717) is 6.54 Å². The molecule has 0 saturated carbocycles. The molecule has 1 aliphatic rings. The second-order valence-electron chi connectivity index (χ2n) is 5.46. The quantitative estimate of drug-likeness (QED) is 0.838. The summed E-state index contributed by atoms with van der Waals surface area (Å²) in [5.41, 5.74) is 0. The number of halogens is 2. The summed E-state index contributed by atoms with van der Waals surface area (Å²) in [6.45, 7) is 4.44. The molecule has 1 fully saturated rings. The Hall–Kier alpha value is -0.740. The van der Waals surface area contributed by atoms with Gasteiger partial charge in [0.15, 0.2) is 9.84 Å². The van der Waals surface area contributed by atoms with E-state index in [1.807, 2.05) is 6.92 Å². The molecule has 1 aliphatic heterocycles. The van der Waals surface area contributed by atoms with Gasteiger partial charge in [0.05, 0.1) is 4.90 Å². The van der Waals surface area contributed by atoms with Crippen LogP contribution in [0.25, 0.3) is 0 Å². The van der Waals surface area contributed by atoms with Crippen molar-refractivity contribution < 1.29 is 21.2 Å². The molecule has 0 bridgehead atoms. The molecule has 0 spiro atoms. The molecule has 0 amide bonds. The number of hydrogen-bond donors (Lipinski definition) is 1. The van der Waals surface area contributed by atoms with Crippen molar-refractivity contribution in [2.24, 2.45) is 0 Å². The Morgan fingerprint density at radius 2 is 1.83 bits per heavy atom. The van der Waals surface area contributed by atoms with Gasteiger partial charge >= 0.3 is 0 Å². The highest BCUT2D eigenvalue weighted by molar-refractivity contribution is 7.90. The fourth-order valence-electron chi connectivity index (χ4n) is 2.44. The molecule has 0 radical (unpaired) electrons. The lowest BCUT2D eigenvalue weighted by molar-refractivity contribution is 0.233. The number of benzene rings is 1. The summed E-state index contributed by atoms with van der Waals surface area (Å²) < 4.78 is 63.3. The van der Waals surface area contributed by atoms with Crippen molar-refractivity contribution >= 4 is 32.3 Å². The monoisotopic (exact) mass is 386 g/mol. The second-order valence-corrected chi connectivity index (χ2v) is 9.34. The first-order valence-electron chi connectivity index (χ1n) is 6.80. The van der Waals surface area contributed by atoms with Crippen molar-refractivity contribution in [1.82, 2.24) is 9.62 Å². The standard InChI is InChI=1S/C13H19FN2O4S2.ClH/c1-9-10(2)16(7-6-15-9)22(19,20)11-4-5-13(12(14)8-11)21(3,17)18;/h4-5,8-10,15H,6-7H2,1-3H3;1H. The maximum Gasteiger partial charge on any atom is 0.243 e. The maximum atomic E-state index is 13.9. The van der Waals surface area contributed by atoms with Gasteiger partial charge in [-0.1, -0.05) is 0 Å². The summed E-state index contributed by atoms with van der Waals surface area (Å²) in [4.78, 5) is -0.744. The van der Waals surface area contributed by atoms with E-state index in [9.17, 15) is 21.2 Å². The Labute approximate surface area is 142 Å². The average molecular weight is 387 g/mol. The van der Waals surface area contributed by atoms with E-state index < -0.39 is 30.6 Å². The third-order valence-corrected chi connectivity index (χ3v) is 7.00. The molecule has 1 saturated heterocycles. The van der Waals surface area contributed by atoms with Crippen LogP contribution in [-0.4, -0.2) is 52.6 Å². The molecule has 0 aromatic heterocycles. The molecule has 2 atom stereocenters. The van der Waals surface area contributed by atoms with Gasteiger partial charge in [0.1, 0.15) is 10.7 Å². The van der Waals surface area contributed by atoms with Crippen molar-refractivity contribution in [2.75, 3.05) is 19.3 Å². The van der Waals surface area contributed by atoms with Gasteiger partial charge in [-0.05, 0) is 32.0 Å². The Kier molecular flexibility index (Phi) is 6.20. The number of nitrogens with zero attached hydrogens (tertiary/aromatic N) is 1. The average Bonchev–Trinajstić information content (AvgIpc) is 2.40. The van der Waals surface area contributed by atoms with Crippen molar-refractivity contribution in [1.29, 1.82) is 0 Å². The molecule has 1 aromatic rings. The zero-order valence-electron chi connectivity index (χ0n) is 13.0. The van der Waals surface area contributed by atoms with Crippen LogP contribution in [0.4, 0.5) is 4.39 Å². The molecular formula is C13H20ClFN2O4S2. The van der Waals surface area contributed by atoms with Gasteiger partial charge in [0, 0.05) is 31.4 Å². The number of sulfone groups is 1. The Bertz CT molecular complexity index is 783. The fourth-order valence-corrected chi connectivity index (χ4v) is 4.89. The Morgan fingerprint density at radius 3 is 2.35 bits per heavy atom. The third-order valence-electron chi connectivity index (χ3n) is 3.89. The number of nitrogens with one attached hydrogen (secondary N) is 1. The van der Waals surface area contributed by atoms with Gasteiger partial charge in [-0.2, -0.15) is 4.31 Å².